The molecular formula is C15H14FN5. The lowest BCUT2D eigenvalue weighted by atomic mass is 10.2. The average molecular weight is 283 g/mol. The zero-order chi connectivity index (χ0) is 14.7. The second kappa shape index (κ2) is 5.75. The molecule has 5 nitrogen and oxygen atoms in total. The minimum absolute atomic E-state index is 0.217. The van der Waals surface area contributed by atoms with E-state index in [-0.39, 0.29) is 5.82 Å². The van der Waals surface area contributed by atoms with Gasteiger partial charge >= 0.3 is 0 Å². The van der Waals surface area contributed by atoms with Gasteiger partial charge in [-0.1, -0.05) is 0 Å². The Morgan fingerprint density at radius 3 is 2.19 bits per heavy atom. The number of benzene rings is 1. The van der Waals surface area contributed by atoms with Crippen LogP contribution >= 0.6 is 0 Å². The zero-order valence-corrected chi connectivity index (χ0v) is 11.4. The summed E-state index contributed by atoms with van der Waals surface area (Å²) in [4.78, 5) is 12.6. The first kappa shape index (κ1) is 13.3. The Morgan fingerprint density at radius 2 is 1.62 bits per heavy atom. The molecule has 0 unspecified atom stereocenters. The molecule has 0 bridgehead atoms. The van der Waals surface area contributed by atoms with Crippen LogP contribution in [0, 0.1) is 17.1 Å². The van der Waals surface area contributed by atoms with E-state index in [1.165, 1.54) is 18.3 Å². The van der Waals surface area contributed by atoms with E-state index >= 15 is 0 Å². The number of anilines is 2. The largest absolute Gasteiger partial charge is 0.368 e. The van der Waals surface area contributed by atoms with Crippen molar-refractivity contribution in [2.75, 3.05) is 36.0 Å². The number of rotatable bonds is 2. The molecule has 1 aromatic heterocycles. The van der Waals surface area contributed by atoms with Gasteiger partial charge in [0.05, 0.1) is 12.4 Å². The summed E-state index contributed by atoms with van der Waals surface area (Å²) in [5.74, 6) is 0.568. The first-order chi connectivity index (χ1) is 10.3. The Balaban J connectivity index is 1.64. The number of nitrogens with zero attached hydrogens (tertiary/aromatic N) is 5. The minimum atomic E-state index is -0.217. The van der Waals surface area contributed by atoms with E-state index < -0.39 is 0 Å². The lowest BCUT2D eigenvalue weighted by molar-refractivity contribution is 0.624. The van der Waals surface area contributed by atoms with Crippen LogP contribution in [0.25, 0.3) is 0 Å². The third kappa shape index (κ3) is 2.92. The fraction of sp³-hybridized carbons (Fsp3) is 0.267. The summed E-state index contributed by atoms with van der Waals surface area (Å²) in [5.41, 5.74) is 1.35. The molecule has 21 heavy (non-hydrogen) atoms. The van der Waals surface area contributed by atoms with Gasteiger partial charge in [0.15, 0.2) is 5.69 Å². The molecule has 1 saturated heterocycles. The highest BCUT2D eigenvalue weighted by Gasteiger charge is 2.18. The maximum Gasteiger partial charge on any atom is 0.158 e. The van der Waals surface area contributed by atoms with Gasteiger partial charge in [-0.15, -0.1) is 0 Å². The summed E-state index contributed by atoms with van der Waals surface area (Å²) in [5, 5.41) is 8.72. The van der Waals surface area contributed by atoms with Crippen molar-refractivity contribution in [2.24, 2.45) is 0 Å². The van der Waals surface area contributed by atoms with Crippen LogP contribution in [0.4, 0.5) is 15.9 Å². The highest BCUT2D eigenvalue weighted by atomic mass is 19.1. The van der Waals surface area contributed by atoms with Crippen LogP contribution in [0.15, 0.2) is 36.7 Å². The van der Waals surface area contributed by atoms with E-state index in [4.69, 9.17) is 5.26 Å². The van der Waals surface area contributed by atoms with E-state index in [0.717, 1.165) is 37.7 Å². The van der Waals surface area contributed by atoms with Crippen molar-refractivity contribution in [3.8, 4) is 6.07 Å². The molecule has 0 aliphatic carbocycles. The first-order valence-corrected chi connectivity index (χ1v) is 6.74. The lowest BCUT2D eigenvalue weighted by Crippen LogP contribution is -2.46. The highest BCUT2D eigenvalue weighted by Crippen LogP contribution is 2.19. The summed E-state index contributed by atoms with van der Waals surface area (Å²) in [6.45, 7) is 3.32. The molecule has 0 atom stereocenters. The number of halogens is 1. The number of piperazine rings is 1. The van der Waals surface area contributed by atoms with Gasteiger partial charge in [0.25, 0.3) is 0 Å². The van der Waals surface area contributed by atoms with Gasteiger partial charge in [0.1, 0.15) is 17.7 Å². The van der Waals surface area contributed by atoms with E-state index in [2.05, 4.69) is 19.8 Å². The second-order valence-corrected chi connectivity index (χ2v) is 4.82. The van der Waals surface area contributed by atoms with Gasteiger partial charge < -0.3 is 9.80 Å². The maximum absolute atomic E-state index is 12.9. The van der Waals surface area contributed by atoms with Gasteiger partial charge in [-0.25, -0.2) is 14.4 Å². The average Bonchev–Trinajstić information content (AvgIpc) is 2.56. The maximum atomic E-state index is 12.9. The van der Waals surface area contributed by atoms with E-state index in [0.29, 0.717) is 5.69 Å². The Bertz CT molecular complexity index is 639. The Labute approximate surface area is 122 Å². The Morgan fingerprint density at radius 1 is 0.952 bits per heavy atom. The Hall–Kier alpha value is -2.68. The van der Waals surface area contributed by atoms with Gasteiger partial charge in [0, 0.05) is 31.9 Å². The molecule has 0 spiro atoms. The number of hydrogen-bond donors (Lipinski definition) is 0. The standard InChI is InChI=1S/C15H14FN5/c16-12-1-3-14(4-2-12)20-5-7-21(8-6-20)15-11-18-13(9-17)10-19-15/h1-4,10-11H,5-8H2. The molecule has 0 amide bonds. The van der Waals surface area contributed by atoms with Crippen molar-refractivity contribution in [1.29, 1.82) is 5.26 Å². The van der Waals surface area contributed by atoms with Crippen molar-refractivity contribution in [3.63, 3.8) is 0 Å². The number of aromatic nitrogens is 2. The van der Waals surface area contributed by atoms with Crippen LogP contribution in [0.1, 0.15) is 5.69 Å². The second-order valence-electron chi connectivity index (χ2n) is 4.82. The molecule has 106 valence electrons. The summed E-state index contributed by atoms with van der Waals surface area (Å²) in [6, 6.07) is 8.52. The number of nitriles is 1. The van der Waals surface area contributed by atoms with Gasteiger partial charge in [-0.05, 0) is 24.3 Å². The molecule has 2 aromatic rings. The fourth-order valence-electron chi connectivity index (χ4n) is 2.39. The van der Waals surface area contributed by atoms with E-state index in [1.807, 2.05) is 6.07 Å². The highest BCUT2D eigenvalue weighted by molar-refractivity contribution is 5.49. The molecule has 1 aliphatic rings. The molecule has 6 heteroatoms. The van der Waals surface area contributed by atoms with Crippen LogP contribution < -0.4 is 9.80 Å². The summed E-state index contributed by atoms with van der Waals surface area (Å²) in [7, 11) is 0. The molecule has 0 saturated carbocycles. The zero-order valence-electron chi connectivity index (χ0n) is 11.4. The monoisotopic (exact) mass is 283 g/mol. The van der Waals surface area contributed by atoms with Crippen molar-refractivity contribution in [3.05, 3.63) is 48.2 Å². The SMILES string of the molecule is N#Cc1cnc(N2CCN(c3ccc(F)cc3)CC2)cn1. The van der Waals surface area contributed by atoms with Gasteiger partial charge in [-0.2, -0.15) is 5.26 Å². The van der Waals surface area contributed by atoms with Crippen LogP contribution in [-0.2, 0) is 0 Å². The third-order valence-electron chi connectivity index (χ3n) is 3.55. The predicted octanol–water partition coefficient (Wildman–Crippen LogP) is 1.81. The third-order valence-corrected chi connectivity index (χ3v) is 3.55. The van der Waals surface area contributed by atoms with E-state index in [1.54, 1.807) is 18.3 Å². The molecule has 1 aromatic carbocycles. The van der Waals surface area contributed by atoms with Gasteiger partial charge in [0.2, 0.25) is 0 Å². The van der Waals surface area contributed by atoms with Crippen molar-refractivity contribution >= 4 is 11.5 Å². The van der Waals surface area contributed by atoms with Crippen LogP contribution in [0.3, 0.4) is 0 Å². The topological polar surface area (TPSA) is 56.1 Å². The summed E-state index contributed by atoms with van der Waals surface area (Å²) < 4.78 is 12.9. The van der Waals surface area contributed by atoms with Gasteiger partial charge in [-0.3, -0.25) is 0 Å². The van der Waals surface area contributed by atoms with Crippen LogP contribution in [0.5, 0.6) is 0 Å². The molecule has 1 aliphatic heterocycles. The molecule has 3 rings (SSSR count). The summed E-state index contributed by atoms with van der Waals surface area (Å²) >= 11 is 0. The minimum Gasteiger partial charge on any atom is -0.368 e. The molecule has 0 N–H and O–H groups in total. The molecule has 2 heterocycles. The van der Waals surface area contributed by atoms with Crippen LogP contribution in [-0.4, -0.2) is 36.1 Å². The van der Waals surface area contributed by atoms with E-state index in [9.17, 15) is 4.39 Å². The number of hydrogen-bond acceptors (Lipinski definition) is 5. The van der Waals surface area contributed by atoms with Crippen molar-refractivity contribution in [1.82, 2.24) is 9.97 Å². The first-order valence-electron chi connectivity index (χ1n) is 6.74. The smallest absolute Gasteiger partial charge is 0.158 e. The van der Waals surface area contributed by atoms with Crippen LogP contribution in [0.2, 0.25) is 0 Å². The van der Waals surface area contributed by atoms with Crippen molar-refractivity contribution in [2.45, 2.75) is 0 Å². The quantitative estimate of drug-likeness (QED) is 0.841. The molecular weight excluding hydrogens is 269 g/mol. The fourth-order valence-corrected chi connectivity index (χ4v) is 2.39. The molecule has 0 radical (unpaired) electrons. The lowest BCUT2D eigenvalue weighted by Gasteiger charge is -2.36. The summed E-state index contributed by atoms with van der Waals surface area (Å²) in [6.07, 6.45) is 3.12. The predicted molar refractivity (Wildman–Crippen MR) is 77.6 cm³/mol. The Kier molecular flexibility index (Phi) is 3.65. The molecule has 1 fully saturated rings. The normalized spacial score (nSPS) is 14.9. The van der Waals surface area contributed by atoms with Crippen molar-refractivity contribution < 1.29 is 4.39 Å².